The quantitative estimate of drug-likeness (QED) is 0.151. The Hall–Kier alpha value is -8.20. The molecule has 0 saturated carbocycles. The number of hydrogen-bond acceptors (Lipinski definition) is 2. The van der Waals surface area contributed by atoms with E-state index in [2.05, 4.69) is 248 Å². The van der Waals surface area contributed by atoms with E-state index < -0.39 is 0 Å². The lowest BCUT2D eigenvalue weighted by atomic mass is 9.74. The summed E-state index contributed by atoms with van der Waals surface area (Å²) >= 11 is 0. The summed E-state index contributed by atoms with van der Waals surface area (Å²) < 4.78 is 6.44. The van der Waals surface area contributed by atoms with Gasteiger partial charge in [-0.3, -0.25) is 0 Å². The van der Waals surface area contributed by atoms with Crippen LogP contribution in [0.25, 0.3) is 78.1 Å². The molecule has 2 nitrogen and oxygen atoms in total. The zero-order valence-electron chi connectivity index (χ0n) is 38.1. The molecule has 2 heteroatoms. The largest absolute Gasteiger partial charge is 0.456 e. The monoisotopic (exact) mass is 871 g/mol. The molecule has 0 N–H and O–H groups in total. The molecule has 0 saturated heterocycles. The standard InChI is InChI=1S/C66H49NO/c1-66(48-25-6-3-7-26-48)58-35-12-8-29-53(58)54-41-40-47(43-59(54)66)50-28-9-13-36-60(50)67(49-27-16-24-46(42-49)52-33-19-39-63-65(52)57-31-11-15-38-62(57)68-63)61-37-14-10-30-55(61)56-34-18-23-45-22-17-32-51(64(45)56)44-20-4-2-5-21-44/h2-17,19-33,35-36,38-43,61H,18,34,37H2,1H3. The van der Waals surface area contributed by atoms with Gasteiger partial charge in [0.05, 0.1) is 6.04 Å². The van der Waals surface area contributed by atoms with Crippen LogP contribution < -0.4 is 15.3 Å². The van der Waals surface area contributed by atoms with Gasteiger partial charge in [0.2, 0.25) is 0 Å². The van der Waals surface area contributed by atoms with E-state index in [-0.39, 0.29) is 11.5 Å². The number of rotatable bonds is 8. The molecule has 0 spiro atoms. The molecule has 9 aromatic carbocycles. The minimum absolute atomic E-state index is 0.00000584. The second-order valence-electron chi connectivity index (χ2n) is 18.7. The van der Waals surface area contributed by atoms with Gasteiger partial charge in [-0.1, -0.05) is 200 Å². The fourth-order valence-corrected chi connectivity index (χ4v) is 11.9. The van der Waals surface area contributed by atoms with Crippen molar-refractivity contribution in [1.82, 2.24) is 0 Å². The lowest BCUT2D eigenvalue weighted by molar-refractivity contribution is 0.669. The van der Waals surface area contributed by atoms with Crippen molar-refractivity contribution < 1.29 is 4.42 Å². The predicted octanol–water partition coefficient (Wildman–Crippen LogP) is 15.7. The third-order valence-corrected chi connectivity index (χ3v) is 15.0. The molecule has 0 bridgehead atoms. The van der Waals surface area contributed by atoms with E-state index >= 15 is 0 Å². The Morgan fingerprint density at radius 2 is 1.21 bits per heavy atom. The topological polar surface area (TPSA) is 16.4 Å². The Balaban J connectivity index is 1.04. The van der Waals surface area contributed by atoms with E-state index in [1.807, 2.05) is 0 Å². The Bertz CT molecular complexity index is 3800. The van der Waals surface area contributed by atoms with Gasteiger partial charge < -0.3 is 9.32 Å². The highest BCUT2D eigenvalue weighted by Crippen LogP contribution is 2.54. The summed E-state index contributed by atoms with van der Waals surface area (Å²) in [7, 11) is 0. The molecule has 2 unspecified atom stereocenters. The summed E-state index contributed by atoms with van der Waals surface area (Å²) in [5.41, 5.74) is 20.5. The maximum Gasteiger partial charge on any atom is 0.136 e. The van der Waals surface area contributed by atoms with Crippen LogP contribution in [-0.2, 0) is 5.41 Å². The summed E-state index contributed by atoms with van der Waals surface area (Å²) in [6.45, 7) is 2.41. The lowest BCUT2D eigenvalue weighted by Gasteiger charge is -2.39. The number of nitrogens with zero attached hydrogens (tertiary/aromatic N) is 1. The van der Waals surface area contributed by atoms with Gasteiger partial charge in [0.25, 0.3) is 0 Å². The van der Waals surface area contributed by atoms with Gasteiger partial charge in [0, 0.05) is 33.1 Å². The zero-order valence-corrected chi connectivity index (χ0v) is 38.1. The molecule has 324 valence electrons. The Kier molecular flexibility index (Phi) is 9.61. The number of fused-ring (bicyclic) bond motifs is 7. The van der Waals surface area contributed by atoms with Gasteiger partial charge in [-0.05, 0) is 140 Å². The molecule has 0 radical (unpaired) electrons. The molecule has 10 aromatic rings. The molecule has 0 fully saturated rings. The fraction of sp³-hybridized carbons (Fsp3) is 0.0909. The third kappa shape index (κ3) is 6.39. The number of hydrogen-bond donors (Lipinski definition) is 0. The summed E-state index contributed by atoms with van der Waals surface area (Å²) in [6, 6.07) is 78.3. The molecular weight excluding hydrogens is 823 g/mol. The van der Waals surface area contributed by atoms with Crippen molar-refractivity contribution in [1.29, 1.82) is 0 Å². The van der Waals surface area contributed by atoms with Crippen LogP contribution in [0.5, 0.6) is 0 Å². The number of allylic oxidation sites excluding steroid dienone is 2. The summed E-state index contributed by atoms with van der Waals surface area (Å²) in [5.74, 6) is 0. The summed E-state index contributed by atoms with van der Waals surface area (Å²) in [5, 5.41) is 4.95. The number of para-hydroxylation sites is 2. The first-order chi connectivity index (χ1) is 33.6. The van der Waals surface area contributed by atoms with Crippen molar-refractivity contribution in [3.63, 3.8) is 0 Å². The smallest absolute Gasteiger partial charge is 0.136 e. The number of anilines is 2. The van der Waals surface area contributed by atoms with Crippen LogP contribution in [0.3, 0.4) is 0 Å². The molecule has 2 atom stereocenters. The van der Waals surface area contributed by atoms with Crippen LogP contribution in [-0.4, -0.2) is 6.04 Å². The Morgan fingerprint density at radius 1 is 0.529 bits per heavy atom. The van der Waals surface area contributed by atoms with Crippen molar-refractivity contribution in [2.24, 2.45) is 0 Å². The van der Waals surface area contributed by atoms with Gasteiger partial charge >= 0.3 is 0 Å². The van der Waals surface area contributed by atoms with E-state index in [1.165, 1.54) is 82.9 Å². The molecule has 13 rings (SSSR count). The van der Waals surface area contributed by atoms with E-state index in [1.54, 1.807) is 0 Å². The van der Waals surface area contributed by atoms with Crippen molar-refractivity contribution in [3.8, 4) is 44.5 Å². The average Bonchev–Trinajstić information content (AvgIpc) is 3.92. The highest BCUT2D eigenvalue weighted by atomic mass is 16.3. The molecule has 0 aliphatic heterocycles. The average molecular weight is 872 g/mol. The van der Waals surface area contributed by atoms with Gasteiger partial charge in [-0.15, -0.1) is 0 Å². The number of furan rings is 1. The predicted molar refractivity (Wildman–Crippen MR) is 284 cm³/mol. The van der Waals surface area contributed by atoms with Gasteiger partial charge in [0.1, 0.15) is 11.2 Å². The first kappa shape index (κ1) is 40.1. The molecule has 0 amide bonds. The highest BCUT2D eigenvalue weighted by Gasteiger charge is 2.41. The number of benzene rings is 9. The zero-order chi connectivity index (χ0) is 45.2. The van der Waals surface area contributed by atoms with Crippen molar-refractivity contribution in [2.75, 3.05) is 4.90 Å². The minimum atomic E-state index is -0.313. The molecule has 3 aliphatic rings. The second kappa shape index (κ2) is 16.3. The Labute approximate surface area is 397 Å². The van der Waals surface area contributed by atoms with Crippen LogP contribution in [0.2, 0.25) is 0 Å². The van der Waals surface area contributed by atoms with Gasteiger partial charge in [-0.2, -0.15) is 0 Å². The normalized spacial score (nSPS) is 17.0. The maximum absolute atomic E-state index is 6.44. The fourth-order valence-electron chi connectivity index (χ4n) is 11.9. The first-order valence-electron chi connectivity index (χ1n) is 24.1. The van der Waals surface area contributed by atoms with Gasteiger partial charge in [-0.25, -0.2) is 0 Å². The van der Waals surface area contributed by atoms with Crippen LogP contribution >= 0.6 is 0 Å². The highest BCUT2D eigenvalue weighted by molar-refractivity contribution is 6.12. The van der Waals surface area contributed by atoms with Crippen LogP contribution in [0, 0.1) is 0 Å². The molecule has 1 heterocycles. The van der Waals surface area contributed by atoms with E-state index in [0.29, 0.717) is 0 Å². The van der Waals surface area contributed by atoms with Crippen LogP contribution in [0.1, 0.15) is 42.9 Å². The maximum atomic E-state index is 6.44. The van der Waals surface area contributed by atoms with E-state index in [9.17, 15) is 0 Å². The first-order valence-corrected chi connectivity index (χ1v) is 24.1. The van der Waals surface area contributed by atoms with Gasteiger partial charge in [0.15, 0.2) is 0 Å². The van der Waals surface area contributed by atoms with Crippen molar-refractivity contribution in [3.05, 3.63) is 263 Å². The summed E-state index contributed by atoms with van der Waals surface area (Å²) in [4.78, 5) is 2.66. The third-order valence-electron chi connectivity index (χ3n) is 15.0. The molecule has 68 heavy (non-hydrogen) atoms. The van der Waals surface area contributed by atoms with Crippen molar-refractivity contribution in [2.45, 2.75) is 37.6 Å². The van der Waals surface area contributed by atoms with E-state index in [0.717, 1.165) is 52.5 Å². The van der Waals surface area contributed by atoms with Crippen LogP contribution in [0.4, 0.5) is 11.4 Å². The summed E-state index contributed by atoms with van der Waals surface area (Å²) in [6.07, 6.45) is 12.3. The SMILES string of the molecule is CC1(c2ccccc2)c2ccccc2-c2ccc(-c3ccccc3N(c3cccc(-c4cccc5oc6ccccc6c45)c3)C3CC=CC=C3C3=c4c(-c5ccccc5)cccc4=CCC3)cc21. The lowest BCUT2D eigenvalue weighted by Crippen LogP contribution is -2.38. The second-order valence-corrected chi connectivity index (χ2v) is 18.7. The van der Waals surface area contributed by atoms with Crippen LogP contribution in [0.15, 0.2) is 241 Å². The Morgan fingerprint density at radius 3 is 2.10 bits per heavy atom. The molecule has 1 aromatic heterocycles. The minimum Gasteiger partial charge on any atom is -0.456 e. The van der Waals surface area contributed by atoms with E-state index in [4.69, 9.17) is 4.42 Å². The van der Waals surface area contributed by atoms with Crippen molar-refractivity contribution >= 4 is 45.0 Å². The molecule has 3 aliphatic carbocycles. The molecular formula is C66H49NO.